The van der Waals surface area contributed by atoms with Crippen molar-refractivity contribution in [1.82, 2.24) is 9.55 Å². The smallest absolute Gasteiger partial charge is 0.464 e. The molecule has 0 aliphatic carbocycles. The van der Waals surface area contributed by atoms with Gasteiger partial charge in [-0.1, -0.05) is 282 Å². The van der Waals surface area contributed by atoms with E-state index in [0.717, 1.165) is 87.9 Å². The Hall–Kier alpha value is -9.28. The van der Waals surface area contributed by atoms with Gasteiger partial charge in [-0.05, 0) is 69.1 Å². The molecule has 11 aromatic carbocycles. The Bertz CT molecular complexity index is 4280. The van der Waals surface area contributed by atoms with Crippen LogP contribution in [0.1, 0.15) is 5.56 Å². The number of ether oxygens (including phenoxy) is 1. The maximum Gasteiger partial charge on any atom is 2.00 e. The van der Waals surface area contributed by atoms with E-state index >= 15 is 0 Å². The number of aromatic nitrogens is 2. The number of hydrogen-bond donors (Lipinski definition) is 1. The van der Waals surface area contributed by atoms with Gasteiger partial charge in [0, 0.05) is 45.6 Å². The Morgan fingerprint density at radius 1 is 0.512 bits per heavy atom. The number of nitrogens with zero attached hydrogens (tertiary/aromatic N) is 4. The molecular formula is C73H52N4O2PtSi2. The van der Waals surface area contributed by atoms with Gasteiger partial charge < -0.3 is 24.0 Å². The first-order valence-electron chi connectivity index (χ1n) is 27.3. The summed E-state index contributed by atoms with van der Waals surface area (Å²) in [6.45, 7) is 2.19. The molecule has 13 aromatic rings. The van der Waals surface area contributed by atoms with Crippen molar-refractivity contribution < 1.29 is 30.6 Å². The van der Waals surface area contributed by atoms with Crippen LogP contribution in [-0.4, -0.2) is 37.1 Å². The zero-order valence-corrected chi connectivity index (χ0v) is 48.9. The average Bonchev–Trinajstić information content (AvgIpc) is 2.19. The van der Waals surface area contributed by atoms with Crippen molar-refractivity contribution in [2.75, 3.05) is 4.90 Å². The summed E-state index contributed by atoms with van der Waals surface area (Å²) in [7, 11) is -7.03. The second kappa shape index (κ2) is 22.0. The fourth-order valence-electron chi connectivity index (χ4n) is 12.2. The average molecular weight is 1270 g/mol. The number of para-hydroxylation sites is 4. The van der Waals surface area contributed by atoms with Gasteiger partial charge in [0.1, 0.15) is 8.07 Å². The van der Waals surface area contributed by atoms with Gasteiger partial charge in [0.05, 0.1) is 5.32 Å². The van der Waals surface area contributed by atoms with E-state index in [1.54, 1.807) is 0 Å². The number of pyridine rings is 1. The van der Waals surface area contributed by atoms with E-state index in [1.807, 2.05) is 91.0 Å². The molecule has 82 heavy (non-hydrogen) atoms. The number of aliphatic imine (C=N–C) groups is 1. The topological polar surface area (TPSA) is 62.9 Å². The summed E-state index contributed by atoms with van der Waals surface area (Å²) < 4.78 is 9.75. The van der Waals surface area contributed by atoms with Crippen molar-refractivity contribution in [3.8, 4) is 39.6 Å². The van der Waals surface area contributed by atoms with Crippen molar-refractivity contribution >= 4 is 98.0 Å². The van der Waals surface area contributed by atoms with Crippen LogP contribution in [0.3, 0.4) is 0 Å². The minimum atomic E-state index is -3.67. The van der Waals surface area contributed by atoms with Crippen LogP contribution in [-0.2, 0) is 21.1 Å². The van der Waals surface area contributed by atoms with Gasteiger partial charge >= 0.3 is 29.4 Å². The van der Waals surface area contributed by atoms with Crippen LogP contribution in [0.2, 0.25) is 0 Å². The predicted octanol–water partition coefficient (Wildman–Crippen LogP) is 12.4. The molecule has 1 aliphatic heterocycles. The molecule has 6 nitrogen and oxygen atoms in total. The molecule has 1 aliphatic rings. The van der Waals surface area contributed by atoms with Gasteiger partial charge in [0.25, 0.3) is 0 Å². The number of anilines is 2. The van der Waals surface area contributed by atoms with E-state index < -0.39 is 16.4 Å². The van der Waals surface area contributed by atoms with Crippen molar-refractivity contribution in [3.63, 3.8) is 0 Å². The molecule has 0 spiro atoms. The summed E-state index contributed by atoms with van der Waals surface area (Å²) in [6, 6.07) is 105. The second-order valence-corrected chi connectivity index (χ2v) is 27.3. The van der Waals surface area contributed by atoms with Crippen LogP contribution in [0, 0.1) is 13.0 Å². The van der Waals surface area contributed by atoms with Crippen molar-refractivity contribution in [2.45, 2.75) is 6.92 Å². The van der Waals surface area contributed by atoms with Gasteiger partial charge in [-0.25, -0.2) is 4.98 Å². The standard InChI is InChI=1S/C73H52N4O2Si2.Pt/c1-52-27-24-46-68-73(52)76(51-74-72-59(53-28-8-2-9-29-53)42-25-43-60(72)54-30-10-3-11-31-54)66-49-67(79-70-47-26-48-71(75-70)81(78,57-36-16-6-17-37-57)58-38-18-7-19-39-58)65(77-63-44-22-20-40-61(63)62-41-21-23-45-64(62)77)50-69(66)80(68,55-32-12-4-13-33-55)56-34-14-5-15-35-56;/h2-48,50,78H,1H3;/q-2;+2. The Labute approximate surface area is 494 Å². The number of aryl methyl sites for hydroxylation is 1. The molecule has 0 atom stereocenters. The molecule has 0 saturated heterocycles. The summed E-state index contributed by atoms with van der Waals surface area (Å²) in [6.07, 6.45) is 3.77. The molecule has 1 N–H and O–H groups in total. The molecule has 0 bridgehead atoms. The molecule has 0 unspecified atom stereocenters. The van der Waals surface area contributed by atoms with E-state index in [-0.39, 0.29) is 21.1 Å². The molecule has 394 valence electrons. The van der Waals surface area contributed by atoms with Gasteiger partial charge in [-0.3, -0.25) is 0 Å². The molecular weight excluding hydrogens is 1220 g/mol. The van der Waals surface area contributed by atoms with Crippen molar-refractivity contribution in [1.29, 1.82) is 0 Å². The Morgan fingerprint density at radius 2 is 0.988 bits per heavy atom. The van der Waals surface area contributed by atoms with Crippen LogP contribution < -0.4 is 46.1 Å². The number of fused-ring (bicyclic) bond motifs is 5. The third kappa shape index (κ3) is 8.79. The molecule has 0 radical (unpaired) electrons. The minimum Gasteiger partial charge on any atom is -0.464 e. The molecule has 9 heteroatoms. The van der Waals surface area contributed by atoms with E-state index in [1.165, 1.54) is 15.6 Å². The number of benzene rings is 11. The van der Waals surface area contributed by atoms with E-state index in [2.05, 4.69) is 229 Å². The maximum atomic E-state index is 13.3. The summed E-state index contributed by atoms with van der Waals surface area (Å²) in [5, 5.41) is 9.14. The number of hydrogen-bond acceptors (Lipinski definition) is 4. The molecule has 3 heterocycles. The van der Waals surface area contributed by atoms with Crippen LogP contribution >= 0.6 is 0 Å². The first-order valence-corrected chi connectivity index (χ1v) is 31.2. The monoisotopic (exact) mass is 1270 g/mol. The SMILES string of the molecule is Cc1cccc2c1N([C-]=Nc1c(-c3ccccc3)cccc1-c1ccccc1)c1[c-]c(Oc3cccc([Si](O)(c4ccccc4)c4ccccc4)n3)c(-n3c4ccccc4c4ccccc43)cc1[Si]2(c1ccccc1)c1ccccc1.[Pt+2]. The largest absolute Gasteiger partial charge is 2.00 e. The Balaban J connectivity index is 0.00000631. The van der Waals surface area contributed by atoms with Crippen LogP contribution in [0.5, 0.6) is 11.6 Å². The quantitative estimate of drug-likeness (QED) is 0.0573. The molecule has 0 fully saturated rings. The van der Waals surface area contributed by atoms with Crippen molar-refractivity contribution in [2.24, 2.45) is 4.99 Å². The van der Waals surface area contributed by atoms with E-state index in [4.69, 9.17) is 14.7 Å². The first-order chi connectivity index (χ1) is 40.0. The third-order valence-electron chi connectivity index (χ3n) is 15.9. The Morgan fingerprint density at radius 3 is 1.54 bits per heavy atom. The molecule has 2 aromatic heterocycles. The van der Waals surface area contributed by atoms with Crippen LogP contribution in [0.25, 0.3) is 49.7 Å². The molecule has 0 amide bonds. The van der Waals surface area contributed by atoms with Gasteiger partial charge in [0.2, 0.25) is 5.88 Å². The minimum absolute atomic E-state index is 0. The summed E-state index contributed by atoms with van der Waals surface area (Å²) in [5.74, 6) is 0.760. The molecule has 14 rings (SSSR count). The number of rotatable bonds is 12. The zero-order valence-electron chi connectivity index (χ0n) is 44.7. The second-order valence-electron chi connectivity index (χ2n) is 20.5. The van der Waals surface area contributed by atoms with Gasteiger partial charge in [-0.15, -0.1) is 5.69 Å². The third-order valence-corrected chi connectivity index (χ3v) is 24.0. The van der Waals surface area contributed by atoms with Gasteiger partial charge in [0.15, 0.2) is 0 Å². The fraction of sp³-hybridized carbons (Fsp3) is 0.0137. The van der Waals surface area contributed by atoms with E-state index in [9.17, 15) is 4.80 Å². The predicted molar refractivity (Wildman–Crippen MR) is 339 cm³/mol. The van der Waals surface area contributed by atoms with Gasteiger partial charge in [-0.2, -0.15) is 17.3 Å². The Kier molecular flexibility index (Phi) is 14.0. The summed E-state index contributed by atoms with van der Waals surface area (Å²) in [5.41, 5.74) is 10.5. The van der Waals surface area contributed by atoms with Crippen molar-refractivity contribution in [3.05, 3.63) is 303 Å². The summed E-state index contributed by atoms with van der Waals surface area (Å²) >= 11 is 0. The maximum absolute atomic E-state index is 13.3. The van der Waals surface area contributed by atoms with E-state index in [0.29, 0.717) is 16.9 Å². The van der Waals surface area contributed by atoms with Crippen LogP contribution in [0.15, 0.2) is 296 Å². The fourth-order valence-corrected chi connectivity index (χ4v) is 20.3. The molecule has 0 saturated carbocycles. The zero-order chi connectivity index (χ0) is 54.3. The first kappa shape index (κ1) is 52.1. The van der Waals surface area contributed by atoms with Crippen LogP contribution in [0.4, 0.5) is 17.1 Å². The normalized spacial score (nSPS) is 12.7. The summed E-state index contributed by atoms with van der Waals surface area (Å²) in [4.78, 5) is 26.3.